The van der Waals surface area contributed by atoms with E-state index in [1.807, 2.05) is 12.1 Å². The third-order valence-electron chi connectivity index (χ3n) is 3.38. The molecule has 3 N–H and O–H groups in total. The van der Waals surface area contributed by atoms with Gasteiger partial charge in [-0.15, -0.1) is 0 Å². The number of hydrogen-bond donors (Lipinski definition) is 2. The molecule has 0 unspecified atom stereocenters. The number of primary amides is 1. The highest BCUT2D eigenvalue weighted by Gasteiger charge is 2.25. The number of nitrogens with two attached hydrogens (primary N) is 1. The number of urea groups is 1. The Labute approximate surface area is 112 Å². The predicted molar refractivity (Wildman–Crippen MR) is 70.0 cm³/mol. The van der Waals surface area contributed by atoms with E-state index in [-0.39, 0.29) is 17.9 Å². The van der Waals surface area contributed by atoms with Crippen LogP contribution < -0.4 is 11.1 Å². The topological polar surface area (TPSA) is 88.3 Å². The molecule has 0 radical (unpaired) electrons. The van der Waals surface area contributed by atoms with Gasteiger partial charge < -0.3 is 16.0 Å². The van der Waals surface area contributed by atoms with Crippen LogP contribution in [-0.2, 0) is 11.3 Å². The Bertz CT molecular complexity index is 441. The molecule has 3 amide bonds. The molecule has 1 saturated heterocycles. The van der Waals surface area contributed by atoms with Crippen LogP contribution in [0.3, 0.4) is 0 Å². The van der Waals surface area contributed by atoms with E-state index in [1.54, 1.807) is 17.3 Å². The largest absolute Gasteiger partial charge is 0.369 e. The molecule has 0 aromatic carbocycles. The maximum Gasteiger partial charge on any atom is 0.317 e. The van der Waals surface area contributed by atoms with Crippen molar-refractivity contribution in [1.82, 2.24) is 15.2 Å². The van der Waals surface area contributed by atoms with Crippen LogP contribution >= 0.6 is 0 Å². The molecule has 0 atom stereocenters. The van der Waals surface area contributed by atoms with Crippen LogP contribution in [0.1, 0.15) is 18.4 Å². The lowest BCUT2D eigenvalue weighted by Crippen LogP contribution is -2.46. The molecule has 2 rings (SSSR count). The highest BCUT2D eigenvalue weighted by molar-refractivity contribution is 5.78. The van der Waals surface area contributed by atoms with Crippen molar-refractivity contribution in [3.63, 3.8) is 0 Å². The monoisotopic (exact) mass is 262 g/mol. The van der Waals surface area contributed by atoms with Gasteiger partial charge in [-0.3, -0.25) is 9.78 Å². The minimum atomic E-state index is -0.267. The van der Waals surface area contributed by atoms with E-state index in [4.69, 9.17) is 5.73 Å². The van der Waals surface area contributed by atoms with Gasteiger partial charge in [-0.05, 0) is 30.5 Å². The van der Waals surface area contributed by atoms with Crippen molar-refractivity contribution in [2.24, 2.45) is 11.7 Å². The second-order valence-electron chi connectivity index (χ2n) is 4.68. The average Bonchev–Trinajstić information content (AvgIpc) is 2.46. The highest BCUT2D eigenvalue weighted by atomic mass is 16.2. The number of likely N-dealkylation sites (tertiary alicyclic amines) is 1. The van der Waals surface area contributed by atoms with E-state index in [0.29, 0.717) is 32.5 Å². The van der Waals surface area contributed by atoms with E-state index in [2.05, 4.69) is 10.3 Å². The molecule has 1 aromatic heterocycles. The number of rotatable bonds is 3. The molecule has 6 heteroatoms. The summed E-state index contributed by atoms with van der Waals surface area (Å²) in [7, 11) is 0. The summed E-state index contributed by atoms with van der Waals surface area (Å²) >= 11 is 0. The van der Waals surface area contributed by atoms with Crippen LogP contribution in [0.4, 0.5) is 4.79 Å². The van der Waals surface area contributed by atoms with Gasteiger partial charge in [-0.25, -0.2) is 4.79 Å². The smallest absolute Gasteiger partial charge is 0.317 e. The molecular formula is C13H18N4O2. The molecule has 2 heterocycles. The lowest BCUT2D eigenvalue weighted by molar-refractivity contribution is -0.123. The molecule has 0 spiro atoms. The lowest BCUT2D eigenvalue weighted by Gasteiger charge is -2.30. The number of aromatic nitrogens is 1. The maximum atomic E-state index is 11.9. The van der Waals surface area contributed by atoms with Crippen molar-refractivity contribution in [3.05, 3.63) is 30.1 Å². The fourth-order valence-electron chi connectivity index (χ4n) is 2.16. The van der Waals surface area contributed by atoms with Crippen molar-refractivity contribution < 1.29 is 9.59 Å². The zero-order valence-corrected chi connectivity index (χ0v) is 10.7. The van der Waals surface area contributed by atoms with Crippen molar-refractivity contribution in [2.45, 2.75) is 19.4 Å². The second-order valence-corrected chi connectivity index (χ2v) is 4.68. The average molecular weight is 262 g/mol. The number of pyridine rings is 1. The minimum Gasteiger partial charge on any atom is -0.369 e. The van der Waals surface area contributed by atoms with Gasteiger partial charge in [0.25, 0.3) is 0 Å². The number of amides is 3. The zero-order chi connectivity index (χ0) is 13.7. The number of nitrogens with one attached hydrogen (secondary N) is 1. The van der Waals surface area contributed by atoms with E-state index >= 15 is 0 Å². The summed E-state index contributed by atoms with van der Waals surface area (Å²) in [5.74, 6) is -0.360. The molecule has 19 heavy (non-hydrogen) atoms. The van der Waals surface area contributed by atoms with Gasteiger partial charge in [-0.2, -0.15) is 0 Å². The first-order valence-corrected chi connectivity index (χ1v) is 6.38. The molecule has 0 saturated carbocycles. The number of carbonyl (C=O) groups is 2. The zero-order valence-electron chi connectivity index (χ0n) is 10.7. The van der Waals surface area contributed by atoms with Crippen LogP contribution in [0.5, 0.6) is 0 Å². The van der Waals surface area contributed by atoms with Crippen LogP contribution in [-0.4, -0.2) is 34.9 Å². The van der Waals surface area contributed by atoms with Crippen LogP contribution in [0.25, 0.3) is 0 Å². The third-order valence-corrected chi connectivity index (χ3v) is 3.38. The summed E-state index contributed by atoms with van der Waals surface area (Å²) in [6, 6.07) is 3.62. The fraction of sp³-hybridized carbons (Fsp3) is 0.462. The standard InChI is InChI=1S/C13H18N4O2/c14-12(18)11-3-7-17(8-4-11)13(19)16-9-10-1-5-15-6-2-10/h1-2,5-6,11H,3-4,7-9H2,(H2,14,18)(H,16,19). The number of carbonyl (C=O) groups excluding carboxylic acids is 2. The summed E-state index contributed by atoms with van der Waals surface area (Å²) in [5, 5.41) is 2.86. The summed E-state index contributed by atoms with van der Waals surface area (Å²) in [4.78, 5) is 28.6. The van der Waals surface area contributed by atoms with Crippen LogP contribution in [0.2, 0.25) is 0 Å². The Morgan fingerprint density at radius 1 is 1.32 bits per heavy atom. The predicted octanol–water partition coefficient (Wildman–Crippen LogP) is 0.488. The molecule has 0 bridgehead atoms. The Morgan fingerprint density at radius 3 is 2.53 bits per heavy atom. The maximum absolute atomic E-state index is 11.9. The molecular weight excluding hydrogens is 244 g/mol. The molecule has 1 aliphatic rings. The molecule has 0 aliphatic carbocycles. The van der Waals surface area contributed by atoms with Gasteiger partial charge in [0.2, 0.25) is 5.91 Å². The van der Waals surface area contributed by atoms with E-state index in [0.717, 1.165) is 5.56 Å². The van der Waals surface area contributed by atoms with Gasteiger partial charge in [0.05, 0.1) is 0 Å². The summed E-state index contributed by atoms with van der Waals surface area (Å²) in [6.07, 6.45) is 4.69. The Kier molecular flexibility index (Phi) is 4.33. The molecule has 102 valence electrons. The Hall–Kier alpha value is -2.11. The van der Waals surface area contributed by atoms with E-state index < -0.39 is 0 Å². The second kappa shape index (κ2) is 6.17. The normalized spacial score (nSPS) is 16.1. The Morgan fingerprint density at radius 2 is 1.95 bits per heavy atom. The fourth-order valence-corrected chi connectivity index (χ4v) is 2.16. The van der Waals surface area contributed by atoms with Gasteiger partial charge in [0, 0.05) is 37.9 Å². The number of hydrogen-bond acceptors (Lipinski definition) is 3. The number of piperidine rings is 1. The molecule has 6 nitrogen and oxygen atoms in total. The molecule has 1 fully saturated rings. The van der Waals surface area contributed by atoms with Crippen molar-refractivity contribution in [3.8, 4) is 0 Å². The van der Waals surface area contributed by atoms with Gasteiger partial charge in [0.15, 0.2) is 0 Å². The van der Waals surface area contributed by atoms with Gasteiger partial charge in [-0.1, -0.05) is 0 Å². The summed E-state index contributed by atoms with van der Waals surface area (Å²) in [5.41, 5.74) is 6.27. The van der Waals surface area contributed by atoms with Crippen molar-refractivity contribution in [2.75, 3.05) is 13.1 Å². The van der Waals surface area contributed by atoms with Crippen molar-refractivity contribution >= 4 is 11.9 Å². The highest BCUT2D eigenvalue weighted by Crippen LogP contribution is 2.16. The van der Waals surface area contributed by atoms with E-state index in [1.165, 1.54) is 0 Å². The quantitative estimate of drug-likeness (QED) is 0.830. The molecule has 1 aromatic rings. The van der Waals surface area contributed by atoms with Gasteiger partial charge >= 0.3 is 6.03 Å². The Balaban J connectivity index is 1.77. The first-order chi connectivity index (χ1) is 9.16. The first-order valence-electron chi connectivity index (χ1n) is 6.38. The SMILES string of the molecule is NC(=O)C1CCN(C(=O)NCc2ccncc2)CC1. The molecule has 1 aliphatic heterocycles. The van der Waals surface area contributed by atoms with Gasteiger partial charge in [0.1, 0.15) is 0 Å². The minimum absolute atomic E-state index is 0.0933. The lowest BCUT2D eigenvalue weighted by atomic mass is 9.96. The first kappa shape index (κ1) is 13.3. The van der Waals surface area contributed by atoms with E-state index in [9.17, 15) is 9.59 Å². The van der Waals surface area contributed by atoms with Crippen LogP contribution in [0, 0.1) is 5.92 Å². The number of nitrogens with zero attached hydrogens (tertiary/aromatic N) is 2. The summed E-state index contributed by atoms with van der Waals surface area (Å²) in [6.45, 7) is 1.64. The third kappa shape index (κ3) is 3.67. The van der Waals surface area contributed by atoms with Crippen molar-refractivity contribution in [1.29, 1.82) is 0 Å². The van der Waals surface area contributed by atoms with Crippen LogP contribution in [0.15, 0.2) is 24.5 Å². The summed E-state index contributed by atoms with van der Waals surface area (Å²) < 4.78 is 0.